The van der Waals surface area contributed by atoms with Crippen molar-refractivity contribution in [2.45, 2.75) is 37.0 Å². The zero-order chi connectivity index (χ0) is 17.6. The molecule has 1 heteroatoms. The van der Waals surface area contributed by atoms with E-state index < -0.39 is 0 Å². The van der Waals surface area contributed by atoms with Gasteiger partial charge in [0.25, 0.3) is 0 Å². The highest BCUT2D eigenvalue weighted by Crippen LogP contribution is 2.52. The van der Waals surface area contributed by atoms with E-state index in [9.17, 15) is 5.11 Å². The van der Waals surface area contributed by atoms with Crippen LogP contribution in [0.3, 0.4) is 0 Å². The van der Waals surface area contributed by atoms with Crippen molar-refractivity contribution < 1.29 is 5.11 Å². The Balaban J connectivity index is 1.87. The summed E-state index contributed by atoms with van der Waals surface area (Å²) in [5.41, 5.74) is 8.81. The first-order chi connectivity index (χ1) is 12.8. The first-order valence-electron chi connectivity index (χ1n) is 9.70. The van der Waals surface area contributed by atoms with E-state index in [1.165, 1.54) is 33.4 Å². The average Bonchev–Trinajstić information content (AvgIpc) is 2.88. The average molecular weight is 340 g/mol. The third-order valence-electron chi connectivity index (χ3n) is 6.49. The van der Waals surface area contributed by atoms with Gasteiger partial charge >= 0.3 is 0 Å². The molecule has 26 heavy (non-hydrogen) atoms. The molecule has 2 aliphatic rings. The van der Waals surface area contributed by atoms with E-state index in [2.05, 4.69) is 72.8 Å². The number of benzene rings is 3. The van der Waals surface area contributed by atoms with Crippen LogP contribution in [0.4, 0.5) is 0 Å². The minimum absolute atomic E-state index is 0.0444. The quantitative estimate of drug-likeness (QED) is 0.712. The molecule has 2 bridgehead atoms. The van der Waals surface area contributed by atoms with Crippen molar-refractivity contribution in [3.8, 4) is 0 Å². The molecule has 5 rings (SSSR count). The molecule has 0 aliphatic heterocycles. The fraction of sp³-hybridized carbons (Fsp3) is 0.280. The van der Waals surface area contributed by atoms with Crippen molar-refractivity contribution in [2.24, 2.45) is 0 Å². The van der Waals surface area contributed by atoms with Gasteiger partial charge in [-0.25, -0.2) is 0 Å². The molecule has 2 unspecified atom stereocenters. The molecule has 0 amide bonds. The summed E-state index contributed by atoms with van der Waals surface area (Å²) in [6.07, 6.45) is 3.90. The Hall–Kier alpha value is -2.38. The predicted octanol–water partition coefficient (Wildman–Crippen LogP) is 4.99. The van der Waals surface area contributed by atoms with Crippen LogP contribution < -0.4 is 0 Å². The molecule has 3 aromatic rings. The normalized spacial score (nSPS) is 22.7. The smallest absolute Gasteiger partial charge is 0.0431 e. The number of fused-ring (bicyclic) bond motifs is 4. The molecule has 0 saturated heterocycles. The molecule has 0 fully saturated rings. The Kier molecular flexibility index (Phi) is 3.72. The summed E-state index contributed by atoms with van der Waals surface area (Å²) in [6.45, 7) is 0.247. The molecule has 0 heterocycles. The maximum absolute atomic E-state index is 9.65. The second-order valence-electron chi connectivity index (χ2n) is 7.79. The Morgan fingerprint density at radius 1 is 0.769 bits per heavy atom. The van der Waals surface area contributed by atoms with Crippen LogP contribution in [0.1, 0.15) is 52.1 Å². The highest BCUT2D eigenvalue weighted by Gasteiger charge is 2.44. The summed E-state index contributed by atoms with van der Waals surface area (Å²) in [6, 6.07) is 27.1. The SMILES string of the molecule is OCCCC12Cc3ccccc3C(Cc3ccccc31)c1ccccc12. The van der Waals surface area contributed by atoms with E-state index in [-0.39, 0.29) is 12.0 Å². The number of rotatable bonds is 3. The summed E-state index contributed by atoms with van der Waals surface area (Å²) in [5, 5.41) is 9.65. The molecule has 0 spiro atoms. The monoisotopic (exact) mass is 340 g/mol. The van der Waals surface area contributed by atoms with Gasteiger partial charge in [0.1, 0.15) is 0 Å². The van der Waals surface area contributed by atoms with Gasteiger partial charge in [0.15, 0.2) is 0 Å². The van der Waals surface area contributed by atoms with E-state index in [0.29, 0.717) is 5.92 Å². The lowest BCUT2D eigenvalue weighted by Crippen LogP contribution is -2.32. The standard InChI is InChI=1S/C25H24O/c26-15-7-14-25-17-19-9-1-3-10-20(19)22(21-11-4-6-13-24(21)25)16-18-8-2-5-12-23(18)25/h1-6,8-13,22,26H,7,14-17H2. The molecule has 0 aromatic heterocycles. The van der Waals surface area contributed by atoms with Crippen LogP contribution in [0.2, 0.25) is 0 Å². The van der Waals surface area contributed by atoms with Gasteiger partial charge in [-0.1, -0.05) is 72.8 Å². The van der Waals surface area contributed by atoms with Crippen LogP contribution in [0, 0.1) is 0 Å². The second kappa shape index (κ2) is 6.10. The minimum atomic E-state index is -0.0444. The fourth-order valence-corrected chi connectivity index (χ4v) is 5.44. The van der Waals surface area contributed by atoms with Crippen molar-refractivity contribution in [3.63, 3.8) is 0 Å². The van der Waals surface area contributed by atoms with Crippen LogP contribution >= 0.6 is 0 Å². The van der Waals surface area contributed by atoms with Crippen molar-refractivity contribution in [1.82, 2.24) is 0 Å². The van der Waals surface area contributed by atoms with Gasteiger partial charge in [0.05, 0.1) is 0 Å². The van der Waals surface area contributed by atoms with E-state index in [1.807, 2.05) is 0 Å². The van der Waals surface area contributed by atoms with Crippen molar-refractivity contribution >= 4 is 0 Å². The lowest BCUT2D eigenvalue weighted by molar-refractivity contribution is 0.268. The van der Waals surface area contributed by atoms with Crippen LogP contribution in [0.15, 0.2) is 72.8 Å². The molecule has 2 aliphatic carbocycles. The Bertz CT molecular complexity index is 958. The van der Waals surface area contributed by atoms with E-state index in [0.717, 1.165) is 25.7 Å². The van der Waals surface area contributed by atoms with Gasteiger partial charge in [-0.2, -0.15) is 0 Å². The Labute approximate surface area is 155 Å². The van der Waals surface area contributed by atoms with Crippen LogP contribution in [-0.4, -0.2) is 11.7 Å². The van der Waals surface area contributed by atoms with Gasteiger partial charge in [-0.15, -0.1) is 0 Å². The first-order valence-corrected chi connectivity index (χ1v) is 9.70. The van der Waals surface area contributed by atoms with Crippen LogP contribution in [0.25, 0.3) is 0 Å². The number of aliphatic hydroxyl groups is 1. The van der Waals surface area contributed by atoms with Crippen LogP contribution in [-0.2, 0) is 18.3 Å². The number of hydrogen-bond donors (Lipinski definition) is 1. The minimum Gasteiger partial charge on any atom is -0.396 e. The van der Waals surface area contributed by atoms with E-state index in [1.54, 1.807) is 0 Å². The van der Waals surface area contributed by atoms with Crippen molar-refractivity contribution in [1.29, 1.82) is 0 Å². The molecule has 1 nitrogen and oxygen atoms in total. The number of aliphatic hydroxyl groups excluding tert-OH is 1. The van der Waals surface area contributed by atoms with Gasteiger partial charge in [0.2, 0.25) is 0 Å². The van der Waals surface area contributed by atoms with Crippen molar-refractivity contribution in [3.05, 3.63) is 106 Å². The zero-order valence-electron chi connectivity index (χ0n) is 15.0. The molecule has 2 atom stereocenters. The summed E-state index contributed by atoms with van der Waals surface area (Å²) < 4.78 is 0. The second-order valence-corrected chi connectivity index (χ2v) is 7.79. The summed E-state index contributed by atoms with van der Waals surface area (Å²) in [7, 11) is 0. The fourth-order valence-electron chi connectivity index (χ4n) is 5.44. The van der Waals surface area contributed by atoms with E-state index >= 15 is 0 Å². The van der Waals surface area contributed by atoms with Gasteiger partial charge in [0, 0.05) is 17.9 Å². The summed E-state index contributed by atoms with van der Waals surface area (Å²) >= 11 is 0. The topological polar surface area (TPSA) is 20.2 Å². The maximum Gasteiger partial charge on any atom is 0.0431 e. The number of hydrogen-bond acceptors (Lipinski definition) is 1. The third kappa shape index (κ3) is 2.20. The molecule has 0 saturated carbocycles. The Morgan fingerprint density at radius 3 is 2.23 bits per heavy atom. The van der Waals surface area contributed by atoms with Gasteiger partial charge < -0.3 is 5.11 Å². The summed E-state index contributed by atoms with van der Waals surface area (Å²) in [4.78, 5) is 0. The lowest BCUT2D eigenvalue weighted by atomic mass is 9.66. The van der Waals surface area contributed by atoms with Gasteiger partial charge in [-0.05, 0) is 59.1 Å². The van der Waals surface area contributed by atoms with Gasteiger partial charge in [-0.3, -0.25) is 0 Å². The lowest BCUT2D eigenvalue weighted by Gasteiger charge is -2.37. The molecule has 130 valence electrons. The Morgan fingerprint density at radius 2 is 1.42 bits per heavy atom. The highest BCUT2D eigenvalue weighted by atomic mass is 16.2. The largest absolute Gasteiger partial charge is 0.396 e. The first kappa shape index (κ1) is 15.8. The molecular formula is C25H24O. The third-order valence-corrected chi connectivity index (χ3v) is 6.49. The molecular weight excluding hydrogens is 316 g/mol. The van der Waals surface area contributed by atoms with E-state index in [4.69, 9.17) is 0 Å². The predicted molar refractivity (Wildman–Crippen MR) is 106 cm³/mol. The molecule has 0 radical (unpaired) electrons. The zero-order valence-corrected chi connectivity index (χ0v) is 15.0. The molecule has 1 N–H and O–H groups in total. The van der Waals surface area contributed by atoms with Crippen LogP contribution in [0.5, 0.6) is 0 Å². The van der Waals surface area contributed by atoms with Crippen molar-refractivity contribution in [2.75, 3.05) is 6.61 Å². The summed E-state index contributed by atoms with van der Waals surface area (Å²) in [5.74, 6) is 0.419. The highest BCUT2D eigenvalue weighted by molar-refractivity contribution is 5.58. The maximum atomic E-state index is 9.65. The molecule has 3 aromatic carbocycles.